The molecular weight excluding hydrogens is 314 g/mol. The number of carbonyl (C=O) groups excluding carboxylic acids is 1. The average molecular weight is 352 g/mol. The van der Waals surface area contributed by atoms with Gasteiger partial charge in [-0.1, -0.05) is 69.4 Å². The first kappa shape index (κ1) is 21.7. The molecule has 0 aliphatic heterocycles. The number of unbranched alkanes of at least 4 members (excludes halogenated alkanes) is 12. The van der Waals surface area contributed by atoms with Crippen LogP contribution in [0.5, 0.6) is 0 Å². The topological polar surface area (TPSA) is 72.7 Å². The van der Waals surface area contributed by atoms with Crippen molar-refractivity contribution in [1.29, 1.82) is 0 Å². The van der Waals surface area contributed by atoms with Crippen LogP contribution in [0.25, 0.3) is 0 Å². The van der Waals surface area contributed by atoms with E-state index in [2.05, 4.69) is 21.9 Å². The van der Waals surface area contributed by atoms with E-state index >= 15 is 0 Å². The Morgan fingerprint density at radius 1 is 0.840 bits per heavy atom. The van der Waals surface area contributed by atoms with Crippen LogP contribution in [-0.2, 0) is 11.3 Å². The first-order valence-corrected chi connectivity index (χ1v) is 10.2. The number of carboxylic acid groups (broad SMARTS) is 1. The number of H-pyrrole nitrogens is 1. The summed E-state index contributed by atoms with van der Waals surface area (Å²) < 4.78 is 2.15. The Morgan fingerprint density at radius 3 is 1.68 bits per heavy atom. The lowest BCUT2D eigenvalue weighted by Crippen LogP contribution is -2.38. The van der Waals surface area contributed by atoms with Crippen molar-refractivity contribution in [1.82, 2.24) is 10.3 Å². The molecular formula is C20H37N3O2. The van der Waals surface area contributed by atoms with Crippen molar-refractivity contribution in [2.75, 3.05) is 0 Å². The predicted molar refractivity (Wildman–Crippen MR) is 97.9 cm³/mol. The van der Waals surface area contributed by atoms with Crippen molar-refractivity contribution in [2.45, 2.75) is 110 Å². The summed E-state index contributed by atoms with van der Waals surface area (Å²) in [5, 5.41) is 17.6. The fourth-order valence-corrected chi connectivity index (χ4v) is 3.19. The van der Waals surface area contributed by atoms with Gasteiger partial charge in [0, 0.05) is 24.9 Å². The first-order chi connectivity index (χ1) is 12.1. The van der Waals surface area contributed by atoms with Crippen molar-refractivity contribution in [3.63, 3.8) is 0 Å². The number of hydrogen-bond donors (Lipinski definition) is 1. The molecule has 1 heterocycles. The van der Waals surface area contributed by atoms with Crippen LogP contribution in [0.15, 0.2) is 0 Å². The molecule has 1 rings (SSSR count). The Hall–Kier alpha value is -1.39. The lowest BCUT2D eigenvalue weighted by molar-refractivity contribution is -0.759. The van der Waals surface area contributed by atoms with Gasteiger partial charge in [-0.2, -0.15) is 4.68 Å². The van der Waals surface area contributed by atoms with Crippen LogP contribution in [0.1, 0.15) is 101 Å². The maximum absolute atomic E-state index is 10.3. The van der Waals surface area contributed by atoms with Gasteiger partial charge >= 0.3 is 0 Å². The minimum absolute atomic E-state index is 0.222. The van der Waals surface area contributed by atoms with Crippen LogP contribution in [0.2, 0.25) is 0 Å². The SMILES string of the molecule is Cc1n[nH][n+](CCCCCCCCCCCCCCCC(=O)[O-])c1C. The van der Waals surface area contributed by atoms with Crippen LogP contribution >= 0.6 is 0 Å². The fraction of sp³-hybridized carbons (Fsp3) is 0.850. The number of nitrogens with one attached hydrogen (secondary N) is 1. The van der Waals surface area contributed by atoms with E-state index in [0.717, 1.165) is 25.1 Å². The summed E-state index contributed by atoms with van der Waals surface area (Å²) in [5.41, 5.74) is 2.34. The van der Waals surface area contributed by atoms with Crippen LogP contribution in [0.4, 0.5) is 0 Å². The zero-order valence-corrected chi connectivity index (χ0v) is 16.3. The van der Waals surface area contributed by atoms with Crippen molar-refractivity contribution in [2.24, 2.45) is 0 Å². The number of aromatic amines is 1. The summed E-state index contributed by atoms with van der Waals surface area (Å²) in [6, 6.07) is 0. The normalized spacial score (nSPS) is 11.1. The van der Waals surface area contributed by atoms with E-state index in [1.165, 1.54) is 76.3 Å². The van der Waals surface area contributed by atoms with Crippen LogP contribution < -0.4 is 9.79 Å². The molecule has 5 nitrogen and oxygen atoms in total. The smallest absolute Gasteiger partial charge is 0.218 e. The first-order valence-electron chi connectivity index (χ1n) is 10.2. The largest absolute Gasteiger partial charge is 0.550 e. The molecule has 0 unspecified atom stereocenters. The van der Waals surface area contributed by atoms with E-state index in [0.29, 0.717) is 0 Å². The molecule has 5 heteroatoms. The van der Waals surface area contributed by atoms with Gasteiger partial charge in [-0.05, 0) is 25.7 Å². The van der Waals surface area contributed by atoms with Gasteiger partial charge in [-0.25, -0.2) is 0 Å². The molecule has 0 bridgehead atoms. The molecule has 0 atom stereocenters. The standard InChI is InChI=1S/C20H37N3O2/c1-18-19(2)23(22-21-18)17-15-13-11-9-7-5-3-4-6-8-10-12-14-16-20(24)25/h3-17H2,1-2H3,(H,24,25). The molecule has 144 valence electrons. The number of carboxylic acids is 1. The summed E-state index contributed by atoms with van der Waals surface area (Å²) in [6.07, 6.45) is 16.4. The van der Waals surface area contributed by atoms with Gasteiger partial charge in [-0.15, -0.1) is 0 Å². The maximum Gasteiger partial charge on any atom is 0.218 e. The van der Waals surface area contributed by atoms with E-state index in [9.17, 15) is 9.90 Å². The zero-order valence-electron chi connectivity index (χ0n) is 16.3. The number of aryl methyl sites for hydroxylation is 2. The summed E-state index contributed by atoms with van der Waals surface area (Å²) in [7, 11) is 0. The zero-order chi connectivity index (χ0) is 18.3. The Labute approximate surface area is 153 Å². The molecule has 0 amide bonds. The van der Waals surface area contributed by atoms with E-state index in [4.69, 9.17) is 0 Å². The number of nitrogens with zero attached hydrogens (tertiary/aromatic N) is 2. The molecule has 0 aliphatic carbocycles. The van der Waals surface area contributed by atoms with Gasteiger partial charge in [0.25, 0.3) is 0 Å². The molecule has 25 heavy (non-hydrogen) atoms. The van der Waals surface area contributed by atoms with Crippen LogP contribution in [0.3, 0.4) is 0 Å². The highest BCUT2D eigenvalue weighted by molar-refractivity contribution is 5.63. The molecule has 0 spiro atoms. The van der Waals surface area contributed by atoms with Crippen LogP contribution in [0, 0.1) is 13.8 Å². The molecule has 0 fully saturated rings. The number of aliphatic carboxylic acids is 1. The van der Waals surface area contributed by atoms with Gasteiger partial charge in [0.15, 0.2) is 5.69 Å². The van der Waals surface area contributed by atoms with E-state index < -0.39 is 5.97 Å². The fourth-order valence-electron chi connectivity index (χ4n) is 3.19. The second-order valence-corrected chi connectivity index (χ2v) is 7.25. The van der Waals surface area contributed by atoms with Crippen molar-refractivity contribution in [3.8, 4) is 0 Å². The number of hydrogen-bond acceptors (Lipinski definition) is 3. The molecule has 0 saturated carbocycles. The van der Waals surface area contributed by atoms with E-state index in [-0.39, 0.29) is 6.42 Å². The van der Waals surface area contributed by atoms with Gasteiger partial charge in [-0.3, -0.25) is 0 Å². The second-order valence-electron chi connectivity index (χ2n) is 7.25. The lowest BCUT2D eigenvalue weighted by atomic mass is 10.0. The molecule has 0 aromatic carbocycles. The van der Waals surface area contributed by atoms with Gasteiger partial charge in [0.2, 0.25) is 5.69 Å². The van der Waals surface area contributed by atoms with E-state index in [1.54, 1.807) is 0 Å². The number of rotatable bonds is 16. The molecule has 0 aliphatic rings. The second kappa shape index (κ2) is 13.9. The summed E-state index contributed by atoms with van der Waals surface area (Å²) in [4.78, 5) is 10.3. The molecule has 1 aromatic heterocycles. The number of aromatic nitrogens is 3. The highest BCUT2D eigenvalue weighted by atomic mass is 16.4. The highest BCUT2D eigenvalue weighted by Gasteiger charge is 2.10. The molecule has 0 radical (unpaired) electrons. The van der Waals surface area contributed by atoms with Crippen LogP contribution in [-0.4, -0.2) is 16.3 Å². The summed E-state index contributed by atoms with van der Waals surface area (Å²) >= 11 is 0. The average Bonchev–Trinajstić information content (AvgIpc) is 2.90. The van der Waals surface area contributed by atoms with E-state index in [1.807, 2.05) is 6.92 Å². The van der Waals surface area contributed by atoms with Crippen molar-refractivity contribution >= 4 is 5.97 Å². The minimum atomic E-state index is -0.912. The Kier molecular flexibility index (Phi) is 12.0. The predicted octanol–water partition coefficient (Wildman–Crippen LogP) is 3.53. The third-order valence-electron chi connectivity index (χ3n) is 5.03. The van der Waals surface area contributed by atoms with Gasteiger partial charge in [0.1, 0.15) is 6.54 Å². The Bertz CT molecular complexity index is 472. The highest BCUT2D eigenvalue weighted by Crippen LogP contribution is 2.13. The third-order valence-corrected chi connectivity index (χ3v) is 5.03. The maximum atomic E-state index is 10.3. The quantitative estimate of drug-likeness (QED) is 0.366. The third kappa shape index (κ3) is 11.0. The monoisotopic (exact) mass is 351 g/mol. The summed E-state index contributed by atoms with van der Waals surface area (Å²) in [6.45, 7) is 5.21. The summed E-state index contributed by atoms with van der Waals surface area (Å²) in [5.74, 6) is -0.912. The minimum Gasteiger partial charge on any atom is -0.550 e. The molecule has 1 aromatic rings. The lowest BCUT2D eigenvalue weighted by Gasteiger charge is -2.04. The van der Waals surface area contributed by atoms with Gasteiger partial charge < -0.3 is 9.90 Å². The Morgan fingerprint density at radius 2 is 1.28 bits per heavy atom. The molecule has 1 N–H and O–H groups in total. The van der Waals surface area contributed by atoms with Crippen molar-refractivity contribution in [3.05, 3.63) is 11.4 Å². The number of carbonyl (C=O) groups is 1. The van der Waals surface area contributed by atoms with Gasteiger partial charge in [0.05, 0.1) is 0 Å². The van der Waals surface area contributed by atoms with Crippen molar-refractivity contribution < 1.29 is 14.6 Å². The molecule has 0 saturated heterocycles. The Balaban J connectivity index is 1.77.